The molecule has 0 fully saturated rings. The lowest BCUT2D eigenvalue weighted by atomic mass is 10.1. The van der Waals surface area contributed by atoms with E-state index in [4.69, 9.17) is 9.73 Å². The third-order valence-electron chi connectivity index (χ3n) is 4.14. The number of aromatic nitrogens is 3. The number of guanidine groups is 1. The maximum Gasteiger partial charge on any atom is 0.191 e. The molecule has 1 aromatic carbocycles. The minimum Gasteiger partial charge on any atom is -0.496 e. The number of fused-ring (bicyclic) bond motifs is 1. The van der Waals surface area contributed by atoms with Gasteiger partial charge in [-0.2, -0.15) is 5.10 Å². The summed E-state index contributed by atoms with van der Waals surface area (Å²) in [6.45, 7) is 4.22. The summed E-state index contributed by atoms with van der Waals surface area (Å²) in [5, 5.41) is 11.1. The number of nitrogens with one attached hydrogen (secondary N) is 2. The van der Waals surface area contributed by atoms with E-state index < -0.39 is 0 Å². The molecule has 2 N–H and O–H groups in total. The number of ether oxygens (including phenoxy) is 1. The summed E-state index contributed by atoms with van der Waals surface area (Å²) in [6.07, 6.45) is 3.57. The second-order valence-corrected chi connectivity index (χ2v) is 6.81. The Morgan fingerprint density at radius 2 is 2.36 bits per heavy atom. The molecule has 7 nitrogen and oxygen atoms in total. The summed E-state index contributed by atoms with van der Waals surface area (Å²) in [4.78, 5) is 8.99. The summed E-state index contributed by atoms with van der Waals surface area (Å²) < 4.78 is 8.40. The molecule has 0 amide bonds. The molecule has 0 radical (unpaired) electrons. The molecule has 3 rings (SSSR count). The first-order valence-corrected chi connectivity index (χ1v) is 9.22. The zero-order chi connectivity index (χ0) is 17.6. The number of aryl methyl sites for hydroxylation is 1. The van der Waals surface area contributed by atoms with Crippen molar-refractivity contribution in [2.75, 3.05) is 13.7 Å². The molecule has 1 aliphatic rings. The molecule has 25 heavy (non-hydrogen) atoms. The van der Waals surface area contributed by atoms with Crippen molar-refractivity contribution in [3.05, 3.63) is 40.4 Å². The van der Waals surface area contributed by atoms with Gasteiger partial charge in [0.05, 0.1) is 20.2 Å². The molecule has 0 aliphatic carbocycles. The molecule has 1 atom stereocenters. The van der Waals surface area contributed by atoms with E-state index in [0.717, 1.165) is 53.5 Å². The third kappa shape index (κ3) is 4.50. The van der Waals surface area contributed by atoms with E-state index in [0.29, 0.717) is 6.54 Å². The predicted molar refractivity (Wildman–Crippen MR) is 101 cm³/mol. The van der Waals surface area contributed by atoms with Crippen molar-refractivity contribution < 1.29 is 4.74 Å². The molecule has 134 valence electrons. The number of benzene rings is 1. The second kappa shape index (κ2) is 8.33. The van der Waals surface area contributed by atoms with Crippen molar-refractivity contribution in [3.8, 4) is 5.75 Å². The minimum absolute atomic E-state index is 0.288. The Labute approximate surface area is 156 Å². The SMILES string of the molecule is CCNC(=NCc1cc(Br)ccc1OC)NC1CCc2ncnn2C1. The maximum atomic E-state index is 5.42. The van der Waals surface area contributed by atoms with Crippen molar-refractivity contribution in [2.45, 2.75) is 38.9 Å². The van der Waals surface area contributed by atoms with E-state index in [2.05, 4.69) is 43.6 Å². The van der Waals surface area contributed by atoms with Crippen LogP contribution in [0.25, 0.3) is 0 Å². The largest absolute Gasteiger partial charge is 0.496 e. The number of hydrogen-bond donors (Lipinski definition) is 2. The number of halogens is 1. The molecule has 0 spiro atoms. The van der Waals surface area contributed by atoms with E-state index in [1.807, 2.05) is 22.9 Å². The van der Waals surface area contributed by atoms with Crippen LogP contribution in [0.3, 0.4) is 0 Å². The standard InChI is InChI=1S/C17H23BrN6O/c1-3-19-17(20-9-12-8-13(18)4-6-15(12)25-2)23-14-5-7-16-21-11-22-24(16)10-14/h4,6,8,11,14H,3,5,7,9-10H2,1-2H3,(H2,19,20,23). The average Bonchev–Trinajstić information content (AvgIpc) is 3.08. The van der Waals surface area contributed by atoms with Gasteiger partial charge in [-0.1, -0.05) is 15.9 Å². The van der Waals surface area contributed by atoms with Crippen LogP contribution < -0.4 is 15.4 Å². The first kappa shape index (κ1) is 17.7. The highest BCUT2D eigenvalue weighted by molar-refractivity contribution is 9.10. The van der Waals surface area contributed by atoms with Crippen LogP contribution >= 0.6 is 15.9 Å². The Morgan fingerprint density at radius 3 is 3.16 bits per heavy atom. The fraction of sp³-hybridized carbons (Fsp3) is 0.471. The molecule has 1 unspecified atom stereocenters. The summed E-state index contributed by atoms with van der Waals surface area (Å²) in [5.74, 6) is 2.70. The van der Waals surface area contributed by atoms with Crippen LogP contribution in [0.4, 0.5) is 0 Å². The van der Waals surface area contributed by atoms with Gasteiger partial charge in [-0.25, -0.2) is 14.7 Å². The highest BCUT2D eigenvalue weighted by atomic mass is 79.9. The van der Waals surface area contributed by atoms with Crippen molar-refractivity contribution in [1.82, 2.24) is 25.4 Å². The Hall–Kier alpha value is -2.09. The van der Waals surface area contributed by atoms with Crippen LogP contribution in [-0.2, 0) is 19.5 Å². The highest BCUT2D eigenvalue weighted by Crippen LogP contribution is 2.23. The van der Waals surface area contributed by atoms with Crippen molar-refractivity contribution in [1.29, 1.82) is 0 Å². The van der Waals surface area contributed by atoms with Crippen LogP contribution in [0.2, 0.25) is 0 Å². The number of rotatable bonds is 5. The van der Waals surface area contributed by atoms with Gasteiger partial charge in [0.2, 0.25) is 0 Å². The monoisotopic (exact) mass is 406 g/mol. The van der Waals surface area contributed by atoms with Gasteiger partial charge < -0.3 is 15.4 Å². The van der Waals surface area contributed by atoms with Crippen molar-refractivity contribution in [3.63, 3.8) is 0 Å². The van der Waals surface area contributed by atoms with Gasteiger partial charge in [-0.05, 0) is 31.5 Å². The number of nitrogens with zero attached hydrogens (tertiary/aromatic N) is 4. The number of hydrogen-bond acceptors (Lipinski definition) is 4. The molecule has 1 aromatic heterocycles. The lowest BCUT2D eigenvalue weighted by Crippen LogP contribution is -2.47. The molecule has 0 bridgehead atoms. The lowest BCUT2D eigenvalue weighted by molar-refractivity contribution is 0.392. The first-order valence-electron chi connectivity index (χ1n) is 8.43. The fourth-order valence-electron chi connectivity index (χ4n) is 2.90. The molecule has 0 saturated heterocycles. The second-order valence-electron chi connectivity index (χ2n) is 5.89. The molecule has 8 heteroatoms. The quantitative estimate of drug-likeness (QED) is 0.587. The summed E-state index contributed by atoms with van der Waals surface area (Å²) in [6, 6.07) is 6.24. The van der Waals surface area contributed by atoms with E-state index in [9.17, 15) is 0 Å². The molecule has 2 heterocycles. The normalized spacial score (nSPS) is 17.1. The van der Waals surface area contributed by atoms with Crippen LogP contribution in [0.15, 0.2) is 34.0 Å². The third-order valence-corrected chi connectivity index (χ3v) is 4.63. The smallest absolute Gasteiger partial charge is 0.191 e. The maximum absolute atomic E-state index is 5.42. The molecule has 2 aromatic rings. The van der Waals surface area contributed by atoms with Gasteiger partial charge in [0.1, 0.15) is 17.9 Å². The molecule has 1 aliphatic heterocycles. The topological polar surface area (TPSA) is 76.4 Å². The molecule has 0 saturated carbocycles. The Morgan fingerprint density at radius 1 is 1.48 bits per heavy atom. The van der Waals surface area contributed by atoms with E-state index >= 15 is 0 Å². The van der Waals surface area contributed by atoms with Crippen molar-refractivity contribution in [2.24, 2.45) is 4.99 Å². The first-order chi connectivity index (χ1) is 12.2. The lowest BCUT2D eigenvalue weighted by Gasteiger charge is -2.25. The van der Waals surface area contributed by atoms with Gasteiger partial charge >= 0.3 is 0 Å². The van der Waals surface area contributed by atoms with Crippen molar-refractivity contribution >= 4 is 21.9 Å². The zero-order valence-electron chi connectivity index (χ0n) is 14.5. The van der Waals surface area contributed by atoms with E-state index in [1.165, 1.54) is 0 Å². The Bertz CT molecular complexity index is 744. The Balaban J connectivity index is 1.69. The molecular weight excluding hydrogens is 384 g/mol. The van der Waals surface area contributed by atoms with Crippen LogP contribution in [0.1, 0.15) is 24.7 Å². The number of aliphatic imine (C=N–C) groups is 1. The molecular formula is C17H23BrN6O. The zero-order valence-corrected chi connectivity index (χ0v) is 16.1. The van der Waals surface area contributed by atoms with Gasteiger partial charge in [0, 0.05) is 29.0 Å². The van der Waals surface area contributed by atoms with Gasteiger partial charge in [0.25, 0.3) is 0 Å². The van der Waals surface area contributed by atoms with E-state index in [-0.39, 0.29) is 6.04 Å². The van der Waals surface area contributed by atoms with Gasteiger partial charge in [0.15, 0.2) is 5.96 Å². The summed E-state index contributed by atoms with van der Waals surface area (Å²) >= 11 is 3.50. The highest BCUT2D eigenvalue weighted by Gasteiger charge is 2.20. The van der Waals surface area contributed by atoms with Crippen LogP contribution in [0.5, 0.6) is 5.75 Å². The minimum atomic E-state index is 0.288. The fourth-order valence-corrected chi connectivity index (χ4v) is 3.31. The predicted octanol–water partition coefficient (Wildman–Crippen LogP) is 2.12. The van der Waals surface area contributed by atoms with Crippen LogP contribution in [-0.4, -0.2) is 40.4 Å². The summed E-state index contributed by atoms with van der Waals surface area (Å²) in [7, 11) is 1.68. The van der Waals surface area contributed by atoms with E-state index in [1.54, 1.807) is 13.4 Å². The number of methoxy groups -OCH3 is 1. The Kier molecular flexibility index (Phi) is 5.91. The summed E-state index contributed by atoms with van der Waals surface area (Å²) in [5.41, 5.74) is 1.04. The van der Waals surface area contributed by atoms with Crippen LogP contribution in [0, 0.1) is 0 Å². The average molecular weight is 407 g/mol. The van der Waals surface area contributed by atoms with Gasteiger partial charge in [-0.3, -0.25) is 0 Å². The van der Waals surface area contributed by atoms with Gasteiger partial charge in [-0.15, -0.1) is 0 Å².